The molecule has 2 heteroatoms. The van der Waals surface area contributed by atoms with Crippen LogP contribution in [0.2, 0.25) is 0 Å². The molecule has 0 radical (unpaired) electrons. The lowest BCUT2D eigenvalue weighted by atomic mass is 10.0. The molecule has 0 aliphatic carbocycles. The molecule has 80 valence electrons. The molecule has 1 heterocycles. The molecule has 1 amide bonds. The molecule has 1 aliphatic heterocycles. The van der Waals surface area contributed by atoms with Crippen molar-refractivity contribution in [3.63, 3.8) is 0 Å². The van der Waals surface area contributed by atoms with Gasteiger partial charge < -0.3 is 4.90 Å². The van der Waals surface area contributed by atoms with Gasteiger partial charge in [-0.2, -0.15) is 0 Å². The number of hydrogen-bond acceptors (Lipinski definition) is 1. The first-order valence-electron chi connectivity index (χ1n) is 5.52. The number of amides is 1. The number of rotatable bonds is 0. The second kappa shape index (κ2) is 4.05. The molecule has 0 saturated carbocycles. The molecule has 1 unspecified atom stereocenters. The van der Waals surface area contributed by atoms with E-state index in [-0.39, 0.29) is 5.91 Å². The van der Waals surface area contributed by atoms with E-state index in [1.165, 1.54) is 11.1 Å². The maximum atomic E-state index is 11.4. The third kappa shape index (κ3) is 2.04. The van der Waals surface area contributed by atoms with Gasteiger partial charge in [-0.05, 0) is 30.9 Å². The van der Waals surface area contributed by atoms with Crippen molar-refractivity contribution in [3.8, 4) is 0 Å². The van der Waals surface area contributed by atoms with Gasteiger partial charge in [0.25, 0.3) is 0 Å². The summed E-state index contributed by atoms with van der Waals surface area (Å²) in [6, 6.07) is 8.83. The van der Waals surface area contributed by atoms with Crippen LogP contribution in [0.15, 0.2) is 24.3 Å². The van der Waals surface area contributed by atoms with Gasteiger partial charge in [-0.1, -0.05) is 24.3 Å². The summed E-state index contributed by atoms with van der Waals surface area (Å²) in [4.78, 5) is 13.4. The molecule has 2 nitrogen and oxygen atoms in total. The van der Waals surface area contributed by atoms with Crippen LogP contribution >= 0.6 is 0 Å². The zero-order valence-electron chi connectivity index (χ0n) is 9.36. The van der Waals surface area contributed by atoms with Crippen LogP contribution in [0.5, 0.6) is 0 Å². The van der Waals surface area contributed by atoms with Crippen LogP contribution in [0, 0.1) is 0 Å². The minimum Gasteiger partial charge on any atom is -0.340 e. The first-order valence-corrected chi connectivity index (χ1v) is 5.52. The second-order valence-electron chi connectivity index (χ2n) is 4.28. The van der Waals surface area contributed by atoms with E-state index in [9.17, 15) is 4.79 Å². The summed E-state index contributed by atoms with van der Waals surface area (Å²) in [7, 11) is 0. The van der Waals surface area contributed by atoms with Crippen LogP contribution < -0.4 is 0 Å². The minimum atomic E-state index is 0.190. The molecule has 15 heavy (non-hydrogen) atoms. The van der Waals surface area contributed by atoms with E-state index in [2.05, 4.69) is 31.2 Å². The lowest BCUT2D eigenvalue weighted by Crippen LogP contribution is -2.38. The largest absolute Gasteiger partial charge is 0.340 e. The highest BCUT2D eigenvalue weighted by Crippen LogP contribution is 2.19. The molecule has 1 atom stereocenters. The smallest absolute Gasteiger partial charge is 0.219 e. The van der Waals surface area contributed by atoms with Gasteiger partial charge in [0.05, 0.1) is 0 Å². The fourth-order valence-corrected chi connectivity index (χ4v) is 2.36. The van der Waals surface area contributed by atoms with Gasteiger partial charge >= 0.3 is 0 Å². The topological polar surface area (TPSA) is 20.3 Å². The van der Waals surface area contributed by atoms with E-state index >= 15 is 0 Å². The normalized spacial score (nSPS) is 20.7. The molecule has 1 aromatic rings. The quantitative estimate of drug-likeness (QED) is 0.631. The Kier molecular flexibility index (Phi) is 2.76. The lowest BCUT2D eigenvalue weighted by molar-refractivity contribution is -0.130. The summed E-state index contributed by atoms with van der Waals surface area (Å²) in [6.07, 6.45) is 1.97. The average Bonchev–Trinajstić information content (AvgIpc) is 2.35. The van der Waals surface area contributed by atoms with E-state index in [1.807, 2.05) is 4.90 Å². The van der Waals surface area contributed by atoms with Crippen LogP contribution in [0.3, 0.4) is 0 Å². The fourth-order valence-electron chi connectivity index (χ4n) is 2.36. The summed E-state index contributed by atoms with van der Waals surface area (Å²) in [6.45, 7) is 4.64. The lowest BCUT2D eigenvalue weighted by Gasteiger charge is -2.25. The van der Waals surface area contributed by atoms with Crippen molar-refractivity contribution in [2.45, 2.75) is 32.7 Å². The van der Waals surface area contributed by atoms with E-state index < -0.39 is 0 Å². The molecule has 0 bridgehead atoms. The molecular formula is C13H17NO. The molecule has 1 aliphatic rings. The molecule has 2 rings (SSSR count). The monoisotopic (exact) mass is 203 g/mol. The zero-order chi connectivity index (χ0) is 10.8. The van der Waals surface area contributed by atoms with E-state index in [4.69, 9.17) is 0 Å². The van der Waals surface area contributed by atoms with E-state index in [1.54, 1.807) is 6.92 Å². The van der Waals surface area contributed by atoms with Crippen molar-refractivity contribution in [2.75, 3.05) is 6.54 Å². The molecule has 0 saturated heterocycles. The molecule has 0 fully saturated rings. The van der Waals surface area contributed by atoms with E-state index in [0.29, 0.717) is 6.04 Å². The van der Waals surface area contributed by atoms with Gasteiger partial charge in [-0.25, -0.2) is 0 Å². The van der Waals surface area contributed by atoms with E-state index in [0.717, 1.165) is 19.4 Å². The second-order valence-corrected chi connectivity index (χ2v) is 4.28. The van der Waals surface area contributed by atoms with Crippen LogP contribution in [-0.4, -0.2) is 23.4 Å². The van der Waals surface area contributed by atoms with Crippen molar-refractivity contribution in [1.82, 2.24) is 4.90 Å². The number of carbonyl (C=O) groups is 1. The van der Waals surface area contributed by atoms with Gasteiger partial charge in [0.1, 0.15) is 0 Å². The molecule has 1 aromatic carbocycles. The molecule has 0 spiro atoms. The van der Waals surface area contributed by atoms with Gasteiger partial charge in [-0.3, -0.25) is 4.79 Å². The Morgan fingerprint density at radius 2 is 2.00 bits per heavy atom. The third-order valence-corrected chi connectivity index (χ3v) is 3.19. The number of fused-ring (bicyclic) bond motifs is 1. The number of nitrogens with zero attached hydrogens (tertiary/aromatic N) is 1. The highest BCUT2D eigenvalue weighted by atomic mass is 16.2. The summed E-state index contributed by atoms with van der Waals surface area (Å²) < 4.78 is 0. The molecule has 0 N–H and O–H groups in total. The molecule has 0 aromatic heterocycles. The van der Waals surface area contributed by atoms with Crippen LogP contribution in [-0.2, 0) is 17.6 Å². The summed E-state index contributed by atoms with van der Waals surface area (Å²) in [5.41, 5.74) is 2.79. The maximum Gasteiger partial charge on any atom is 0.219 e. The van der Waals surface area contributed by atoms with Gasteiger partial charge in [-0.15, -0.1) is 0 Å². The average molecular weight is 203 g/mol. The Morgan fingerprint density at radius 3 is 2.67 bits per heavy atom. The summed E-state index contributed by atoms with van der Waals surface area (Å²) >= 11 is 0. The Hall–Kier alpha value is -1.31. The third-order valence-electron chi connectivity index (χ3n) is 3.19. The first kappa shape index (κ1) is 10.2. The SMILES string of the molecule is CC(=O)N1CCc2ccccc2CC1C. The highest BCUT2D eigenvalue weighted by Gasteiger charge is 2.21. The minimum absolute atomic E-state index is 0.190. The number of carbonyl (C=O) groups excluding carboxylic acids is 1. The standard InChI is InChI=1S/C13H17NO/c1-10-9-13-6-4-3-5-12(13)7-8-14(10)11(2)15/h3-6,10H,7-9H2,1-2H3. The highest BCUT2D eigenvalue weighted by molar-refractivity contribution is 5.73. The molecular weight excluding hydrogens is 186 g/mol. The fraction of sp³-hybridized carbons (Fsp3) is 0.462. The predicted molar refractivity (Wildman–Crippen MR) is 60.7 cm³/mol. The number of hydrogen-bond donors (Lipinski definition) is 0. The van der Waals surface area contributed by atoms with Gasteiger partial charge in [0, 0.05) is 19.5 Å². The van der Waals surface area contributed by atoms with Crippen molar-refractivity contribution in [2.24, 2.45) is 0 Å². The Bertz CT molecular complexity index is 373. The van der Waals surface area contributed by atoms with Crippen molar-refractivity contribution < 1.29 is 4.79 Å². The van der Waals surface area contributed by atoms with Crippen LogP contribution in [0.25, 0.3) is 0 Å². The van der Waals surface area contributed by atoms with Crippen molar-refractivity contribution >= 4 is 5.91 Å². The van der Waals surface area contributed by atoms with Crippen LogP contribution in [0.4, 0.5) is 0 Å². The Balaban J connectivity index is 2.26. The van der Waals surface area contributed by atoms with Crippen LogP contribution in [0.1, 0.15) is 25.0 Å². The first-order chi connectivity index (χ1) is 7.18. The zero-order valence-corrected chi connectivity index (χ0v) is 9.36. The van der Waals surface area contributed by atoms with Gasteiger partial charge in [0.2, 0.25) is 5.91 Å². The van der Waals surface area contributed by atoms with Gasteiger partial charge in [0.15, 0.2) is 0 Å². The summed E-state index contributed by atoms with van der Waals surface area (Å²) in [5, 5.41) is 0. The Labute approximate surface area is 90.9 Å². The predicted octanol–water partition coefficient (Wildman–Crippen LogP) is 2.02. The van der Waals surface area contributed by atoms with Crippen molar-refractivity contribution in [3.05, 3.63) is 35.4 Å². The Morgan fingerprint density at radius 1 is 1.33 bits per heavy atom. The van der Waals surface area contributed by atoms with Crippen molar-refractivity contribution in [1.29, 1.82) is 0 Å². The maximum absolute atomic E-state index is 11.4. The summed E-state index contributed by atoms with van der Waals surface area (Å²) in [5.74, 6) is 0.190. The number of benzene rings is 1.